The molecule has 1 aliphatic rings. The summed E-state index contributed by atoms with van der Waals surface area (Å²) in [6, 6.07) is 6.55. The molecule has 5 heteroatoms. The molecule has 1 aromatic rings. The SMILES string of the molecule is OC(CNCC1CCSCC1)COCc1ccccc1F. The summed E-state index contributed by atoms with van der Waals surface area (Å²) >= 11 is 2.02. The van der Waals surface area contributed by atoms with Gasteiger partial charge in [-0.25, -0.2) is 4.39 Å². The molecule has 21 heavy (non-hydrogen) atoms. The van der Waals surface area contributed by atoms with Crippen molar-refractivity contribution in [1.82, 2.24) is 5.32 Å². The van der Waals surface area contributed by atoms with Crippen molar-refractivity contribution < 1.29 is 14.2 Å². The van der Waals surface area contributed by atoms with Crippen LogP contribution in [0.1, 0.15) is 18.4 Å². The summed E-state index contributed by atoms with van der Waals surface area (Å²) in [5.74, 6) is 2.97. The maximum atomic E-state index is 13.4. The summed E-state index contributed by atoms with van der Waals surface area (Å²) in [7, 11) is 0. The summed E-state index contributed by atoms with van der Waals surface area (Å²) in [5.41, 5.74) is 0.525. The molecule has 2 rings (SSSR count). The van der Waals surface area contributed by atoms with Gasteiger partial charge in [-0.15, -0.1) is 0 Å². The van der Waals surface area contributed by atoms with Gasteiger partial charge in [0, 0.05) is 12.1 Å². The average molecular weight is 313 g/mol. The summed E-state index contributed by atoms with van der Waals surface area (Å²) in [5, 5.41) is 13.1. The largest absolute Gasteiger partial charge is 0.389 e. The van der Waals surface area contributed by atoms with Crippen molar-refractivity contribution in [2.45, 2.75) is 25.6 Å². The Balaban J connectivity index is 1.55. The molecule has 0 spiro atoms. The summed E-state index contributed by atoms with van der Waals surface area (Å²) < 4.78 is 18.7. The monoisotopic (exact) mass is 313 g/mol. The highest BCUT2D eigenvalue weighted by Gasteiger charge is 2.13. The molecule has 1 atom stereocenters. The number of hydrogen-bond donors (Lipinski definition) is 2. The van der Waals surface area contributed by atoms with Gasteiger partial charge in [0.15, 0.2) is 0 Å². The van der Waals surface area contributed by atoms with Gasteiger partial charge in [-0.1, -0.05) is 18.2 Å². The number of halogens is 1. The molecule has 0 radical (unpaired) electrons. The number of benzene rings is 1. The lowest BCUT2D eigenvalue weighted by molar-refractivity contribution is 0.0275. The molecule has 3 nitrogen and oxygen atoms in total. The van der Waals surface area contributed by atoms with Crippen LogP contribution in [0.25, 0.3) is 0 Å². The molecular formula is C16H24FNO2S. The van der Waals surface area contributed by atoms with E-state index in [9.17, 15) is 9.50 Å². The molecule has 0 saturated carbocycles. The Hall–Kier alpha value is -0.620. The van der Waals surface area contributed by atoms with Gasteiger partial charge in [-0.3, -0.25) is 0 Å². The third-order valence-electron chi connectivity index (χ3n) is 3.68. The summed E-state index contributed by atoms with van der Waals surface area (Å²) in [6.45, 7) is 1.91. The van der Waals surface area contributed by atoms with Crippen LogP contribution in [0.2, 0.25) is 0 Å². The van der Waals surface area contributed by atoms with Gasteiger partial charge in [0.2, 0.25) is 0 Å². The molecule has 1 heterocycles. The van der Waals surface area contributed by atoms with Gasteiger partial charge in [0.05, 0.1) is 19.3 Å². The van der Waals surface area contributed by atoms with Crippen LogP contribution in [0, 0.1) is 11.7 Å². The van der Waals surface area contributed by atoms with Gasteiger partial charge >= 0.3 is 0 Å². The minimum absolute atomic E-state index is 0.198. The van der Waals surface area contributed by atoms with Crippen molar-refractivity contribution in [3.8, 4) is 0 Å². The van der Waals surface area contributed by atoms with Crippen molar-refractivity contribution in [3.05, 3.63) is 35.6 Å². The van der Waals surface area contributed by atoms with Crippen LogP contribution in [-0.2, 0) is 11.3 Å². The van der Waals surface area contributed by atoms with Crippen LogP contribution in [-0.4, -0.2) is 42.4 Å². The van der Waals surface area contributed by atoms with E-state index in [0.29, 0.717) is 12.1 Å². The normalized spacial score (nSPS) is 17.8. The molecule has 1 saturated heterocycles. The zero-order valence-electron chi connectivity index (χ0n) is 12.3. The van der Waals surface area contributed by atoms with Gasteiger partial charge in [0.1, 0.15) is 5.82 Å². The standard InChI is InChI=1S/C16H24FNO2S/c17-16-4-2-1-3-14(16)11-20-12-15(19)10-18-9-13-5-7-21-8-6-13/h1-4,13,15,18-19H,5-12H2. The highest BCUT2D eigenvalue weighted by Crippen LogP contribution is 2.21. The first-order valence-electron chi connectivity index (χ1n) is 7.53. The first kappa shape index (κ1) is 16.7. The first-order chi connectivity index (χ1) is 10.3. The lowest BCUT2D eigenvalue weighted by Crippen LogP contribution is -2.34. The van der Waals surface area contributed by atoms with Crippen LogP contribution < -0.4 is 5.32 Å². The van der Waals surface area contributed by atoms with Crippen LogP contribution in [0.15, 0.2) is 24.3 Å². The molecule has 1 fully saturated rings. The second kappa shape index (κ2) is 9.41. The molecule has 1 unspecified atom stereocenters. The molecule has 2 N–H and O–H groups in total. The van der Waals surface area contributed by atoms with Crippen molar-refractivity contribution >= 4 is 11.8 Å². The number of thioether (sulfide) groups is 1. The van der Waals surface area contributed by atoms with Gasteiger partial charge in [-0.05, 0) is 42.9 Å². The van der Waals surface area contributed by atoms with E-state index in [1.54, 1.807) is 18.2 Å². The number of rotatable bonds is 8. The highest BCUT2D eigenvalue weighted by molar-refractivity contribution is 7.99. The fourth-order valence-corrected chi connectivity index (χ4v) is 3.59. The zero-order chi connectivity index (χ0) is 14.9. The van der Waals surface area contributed by atoms with E-state index >= 15 is 0 Å². The van der Waals surface area contributed by atoms with Crippen LogP contribution in [0.4, 0.5) is 4.39 Å². The van der Waals surface area contributed by atoms with Crippen LogP contribution in [0.5, 0.6) is 0 Å². The Morgan fingerprint density at radius 1 is 1.33 bits per heavy atom. The predicted molar refractivity (Wildman–Crippen MR) is 85.0 cm³/mol. The Morgan fingerprint density at radius 3 is 2.86 bits per heavy atom. The quantitative estimate of drug-likeness (QED) is 0.773. The number of hydrogen-bond acceptors (Lipinski definition) is 4. The summed E-state index contributed by atoms with van der Waals surface area (Å²) in [6.07, 6.45) is 1.98. The average Bonchev–Trinajstić information content (AvgIpc) is 2.50. The Morgan fingerprint density at radius 2 is 2.10 bits per heavy atom. The van der Waals surface area contributed by atoms with Gasteiger partial charge < -0.3 is 15.2 Å². The predicted octanol–water partition coefficient (Wildman–Crippen LogP) is 2.44. The lowest BCUT2D eigenvalue weighted by atomic mass is 10.0. The van der Waals surface area contributed by atoms with E-state index in [0.717, 1.165) is 12.5 Å². The van der Waals surface area contributed by atoms with E-state index in [4.69, 9.17) is 4.74 Å². The van der Waals surface area contributed by atoms with E-state index in [1.165, 1.54) is 30.4 Å². The molecule has 1 aromatic carbocycles. The number of aliphatic hydroxyl groups is 1. The Labute approximate surface area is 130 Å². The molecule has 0 aromatic heterocycles. The van der Waals surface area contributed by atoms with E-state index in [1.807, 2.05) is 11.8 Å². The smallest absolute Gasteiger partial charge is 0.128 e. The number of aliphatic hydroxyl groups excluding tert-OH is 1. The second-order valence-corrected chi connectivity index (χ2v) is 6.70. The topological polar surface area (TPSA) is 41.5 Å². The Bertz CT molecular complexity index is 413. The number of ether oxygens (including phenoxy) is 1. The fraction of sp³-hybridized carbons (Fsp3) is 0.625. The van der Waals surface area contributed by atoms with Gasteiger partial charge in [-0.2, -0.15) is 11.8 Å². The van der Waals surface area contributed by atoms with Crippen molar-refractivity contribution in [3.63, 3.8) is 0 Å². The number of nitrogens with one attached hydrogen (secondary N) is 1. The van der Waals surface area contributed by atoms with E-state index < -0.39 is 6.10 Å². The molecular weight excluding hydrogens is 289 g/mol. The molecule has 1 aliphatic heterocycles. The minimum atomic E-state index is -0.547. The second-order valence-electron chi connectivity index (χ2n) is 5.47. The van der Waals surface area contributed by atoms with Crippen LogP contribution >= 0.6 is 11.8 Å². The van der Waals surface area contributed by atoms with Crippen molar-refractivity contribution in [2.24, 2.45) is 5.92 Å². The minimum Gasteiger partial charge on any atom is -0.389 e. The maximum absolute atomic E-state index is 13.4. The fourth-order valence-electron chi connectivity index (χ4n) is 2.38. The third-order valence-corrected chi connectivity index (χ3v) is 4.73. The zero-order valence-corrected chi connectivity index (χ0v) is 13.1. The van der Waals surface area contributed by atoms with Crippen molar-refractivity contribution in [1.29, 1.82) is 0 Å². The molecule has 0 bridgehead atoms. The van der Waals surface area contributed by atoms with Crippen LogP contribution in [0.3, 0.4) is 0 Å². The molecule has 118 valence electrons. The first-order valence-corrected chi connectivity index (χ1v) is 8.69. The maximum Gasteiger partial charge on any atom is 0.128 e. The van der Waals surface area contributed by atoms with Gasteiger partial charge in [0.25, 0.3) is 0 Å². The Kier molecular flexibility index (Phi) is 7.50. The van der Waals surface area contributed by atoms with E-state index in [2.05, 4.69) is 5.32 Å². The lowest BCUT2D eigenvalue weighted by Gasteiger charge is -2.22. The van der Waals surface area contributed by atoms with E-state index in [-0.39, 0.29) is 19.0 Å². The summed E-state index contributed by atoms with van der Waals surface area (Å²) in [4.78, 5) is 0. The highest BCUT2D eigenvalue weighted by atomic mass is 32.2. The molecule has 0 aliphatic carbocycles. The third kappa shape index (κ3) is 6.34. The molecule has 0 amide bonds. The van der Waals surface area contributed by atoms with Crippen molar-refractivity contribution in [2.75, 3.05) is 31.2 Å².